The van der Waals surface area contributed by atoms with Crippen molar-refractivity contribution in [3.63, 3.8) is 0 Å². The molecule has 0 bridgehead atoms. The van der Waals surface area contributed by atoms with Gasteiger partial charge in [0.15, 0.2) is 5.79 Å². The van der Waals surface area contributed by atoms with E-state index in [2.05, 4.69) is 26.8 Å². The van der Waals surface area contributed by atoms with Crippen molar-refractivity contribution >= 4 is 5.97 Å². The number of aliphatic hydroxyl groups excluding tert-OH is 1. The first-order valence-electron chi connectivity index (χ1n) is 12.2. The Kier molecular flexibility index (Phi) is 8.51. The summed E-state index contributed by atoms with van der Waals surface area (Å²) in [4.78, 5) is 11.4. The molecule has 0 spiro atoms. The normalized spacial score (nSPS) is 39.3. The summed E-state index contributed by atoms with van der Waals surface area (Å²) in [5.41, 5.74) is -0.208. The van der Waals surface area contributed by atoms with Crippen molar-refractivity contribution in [3.05, 3.63) is 11.6 Å². The van der Waals surface area contributed by atoms with Crippen molar-refractivity contribution in [1.29, 1.82) is 0 Å². The van der Waals surface area contributed by atoms with Gasteiger partial charge < -0.3 is 29.5 Å². The van der Waals surface area contributed by atoms with E-state index in [9.17, 15) is 20.1 Å². The van der Waals surface area contributed by atoms with Crippen LogP contribution in [0.25, 0.3) is 0 Å². The average molecular weight is 471 g/mol. The topological polar surface area (TPSA) is 109 Å². The molecule has 7 nitrogen and oxygen atoms in total. The Morgan fingerprint density at radius 3 is 2.21 bits per heavy atom. The number of hydrogen-bond acceptors (Lipinski definition) is 6. The SMILES string of the molecule is COC1C(C)C(CC(=O)O)OC(O)(C(C)CC(C)C(O)C2(C)OC2C(C)C=C(C)C)C1(C)C. The molecule has 0 aromatic rings. The minimum absolute atomic E-state index is 0.0516. The zero-order valence-electron chi connectivity index (χ0n) is 22.1. The minimum atomic E-state index is -1.62. The molecule has 7 heteroatoms. The van der Waals surface area contributed by atoms with Crippen LogP contribution in [-0.4, -0.2) is 64.2 Å². The maximum Gasteiger partial charge on any atom is 0.305 e. The van der Waals surface area contributed by atoms with Crippen molar-refractivity contribution in [3.8, 4) is 0 Å². The first kappa shape index (κ1) is 28.2. The summed E-state index contributed by atoms with van der Waals surface area (Å²) in [6, 6.07) is 0. The van der Waals surface area contributed by atoms with Crippen molar-refractivity contribution in [2.75, 3.05) is 7.11 Å². The molecule has 0 radical (unpaired) electrons. The molecule has 0 saturated carbocycles. The van der Waals surface area contributed by atoms with Crippen LogP contribution in [0.1, 0.15) is 75.2 Å². The molecule has 3 N–H and O–H groups in total. The quantitative estimate of drug-likeness (QED) is 0.327. The molecule has 0 aliphatic carbocycles. The zero-order valence-corrected chi connectivity index (χ0v) is 22.1. The molecule has 33 heavy (non-hydrogen) atoms. The van der Waals surface area contributed by atoms with Crippen LogP contribution in [0.15, 0.2) is 11.6 Å². The zero-order chi connectivity index (χ0) is 25.5. The maximum atomic E-state index is 11.8. The van der Waals surface area contributed by atoms with Crippen molar-refractivity contribution in [2.45, 2.75) is 111 Å². The van der Waals surface area contributed by atoms with Gasteiger partial charge in [-0.05, 0) is 33.1 Å². The van der Waals surface area contributed by atoms with Gasteiger partial charge in [-0.2, -0.15) is 0 Å². The van der Waals surface area contributed by atoms with Crippen LogP contribution in [0, 0.1) is 29.1 Å². The Morgan fingerprint density at radius 2 is 1.73 bits per heavy atom. The monoisotopic (exact) mass is 470 g/mol. The number of methoxy groups -OCH3 is 1. The summed E-state index contributed by atoms with van der Waals surface area (Å²) in [6.07, 6.45) is 0.610. The first-order valence-corrected chi connectivity index (χ1v) is 12.2. The number of carbonyl (C=O) groups is 1. The van der Waals surface area contributed by atoms with Gasteiger partial charge in [0.2, 0.25) is 0 Å². The highest BCUT2D eigenvalue weighted by molar-refractivity contribution is 5.67. The van der Waals surface area contributed by atoms with Gasteiger partial charge in [-0.1, -0.05) is 53.2 Å². The summed E-state index contributed by atoms with van der Waals surface area (Å²) in [6.45, 7) is 17.7. The van der Waals surface area contributed by atoms with Crippen molar-refractivity contribution in [1.82, 2.24) is 0 Å². The van der Waals surface area contributed by atoms with Crippen molar-refractivity contribution in [2.24, 2.45) is 29.1 Å². The molecule has 2 aliphatic rings. The second-order valence-electron chi connectivity index (χ2n) is 11.6. The third kappa shape index (κ3) is 5.32. The fourth-order valence-electron chi connectivity index (χ4n) is 6.34. The molecule has 0 aromatic heterocycles. The van der Waals surface area contributed by atoms with E-state index in [0.29, 0.717) is 6.42 Å². The number of hydrogen-bond donors (Lipinski definition) is 3. The molecule has 0 aromatic carbocycles. The van der Waals surface area contributed by atoms with Crippen LogP contribution >= 0.6 is 0 Å². The Labute approximate surface area is 199 Å². The van der Waals surface area contributed by atoms with E-state index in [4.69, 9.17) is 14.2 Å². The number of ether oxygens (including phenoxy) is 3. The van der Waals surface area contributed by atoms with E-state index < -0.39 is 35.0 Å². The summed E-state index contributed by atoms with van der Waals surface area (Å²) < 4.78 is 17.9. The maximum absolute atomic E-state index is 11.8. The van der Waals surface area contributed by atoms with Gasteiger partial charge in [-0.3, -0.25) is 4.79 Å². The molecule has 192 valence electrons. The molecular formula is C26H46O7. The second kappa shape index (κ2) is 9.94. The molecule has 2 rings (SSSR count). The number of aliphatic hydroxyl groups is 2. The minimum Gasteiger partial charge on any atom is -0.481 e. The van der Waals surface area contributed by atoms with Gasteiger partial charge >= 0.3 is 5.97 Å². The Hall–Kier alpha value is -0.990. The second-order valence-corrected chi connectivity index (χ2v) is 11.6. The molecule has 2 aliphatic heterocycles. The van der Waals surface area contributed by atoms with E-state index in [1.54, 1.807) is 7.11 Å². The molecule has 10 unspecified atom stereocenters. The van der Waals surface area contributed by atoms with Crippen molar-refractivity contribution < 1.29 is 34.3 Å². The lowest BCUT2D eigenvalue weighted by molar-refractivity contribution is -0.373. The van der Waals surface area contributed by atoms with Gasteiger partial charge in [0, 0.05) is 30.3 Å². The predicted molar refractivity (Wildman–Crippen MR) is 127 cm³/mol. The number of carboxylic acid groups (broad SMARTS) is 1. The highest BCUT2D eigenvalue weighted by Crippen LogP contribution is 2.53. The van der Waals surface area contributed by atoms with Crippen LogP contribution in [0.4, 0.5) is 0 Å². The third-order valence-electron chi connectivity index (χ3n) is 8.14. The average Bonchev–Trinajstić information content (AvgIpc) is 3.38. The standard InChI is InChI=1S/C26H46O7/c1-14(2)11-16(4)22-25(9,33-22)21(29)15(3)12-17(5)26(30)24(7,8)23(31-10)18(6)19(32-26)13-20(27)28/h11,15-19,21-23,29-30H,12-13H2,1-10H3,(H,27,28). The van der Waals surface area contributed by atoms with Crippen LogP contribution in [0.2, 0.25) is 0 Å². The smallest absolute Gasteiger partial charge is 0.305 e. The molecular weight excluding hydrogens is 424 g/mol. The Balaban J connectivity index is 2.20. The lowest BCUT2D eigenvalue weighted by atomic mass is 9.64. The van der Waals surface area contributed by atoms with Gasteiger partial charge in [0.25, 0.3) is 0 Å². The number of carboxylic acids is 1. The van der Waals surface area contributed by atoms with E-state index in [1.807, 2.05) is 41.5 Å². The lowest BCUT2D eigenvalue weighted by Gasteiger charge is -2.57. The molecule has 2 heterocycles. The van der Waals surface area contributed by atoms with E-state index in [1.165, 1.54) is 5.57 Å². The lowest BCUT2D eigenvalue weighted by Crippen LogP contribution is -2.66. The number of aliphatic carboxylic acids is 1. The summed E-state index contributed by atoms with van der Waals surface area (Å²) in [7, 11) is 1.59. The van der Waals surface area contributed by atoms with Crippen LogP contribution < -0.4 is 0 Å². The largest absolute Gasteiger partial charge is 0.481 e. The Morgan fingerprint density at radius 1 is 1.15 bits per heavy atom. The summed E-state index contributed by atoms with van der Waals surface area (Å²) in [5, 5.41) is 32.4. The highest BCUT2D eigenvalue weighted by atomic mass is 16.6. The predicted octanol–water partition coefficient (Wildman–Crippen LogP) is 4.01. The fourth-order valence-corrected chi connectivity index (χ4v) is 6.34. The molecule has 10 atom stereocenters. The van der Waals surface area contributed by atoms with Crippen LogP contribution in [0.3, 0.4) is 0 Å². The van der Waals surface area contributed by atoms with Gasteiger partial charge in [-0.25, -0.2) is 0 Å². The molecule has 2 saturated heterocycles. The number of rotatable bonds is 10. The number of epoxide rings is 1. The van der Waals surface area contributed by atoms with Gasteiger partial charge in [-0.15, -0.1) is 0 Å². The summed E-state index contributed by atoms with van der Waals surface area (Å²) in [5.74, 6) is -3.15. The van der Waals surface area contributed by atoms with Crippen LogP contribution in [0.5, 0.6) is 0 Å². The number of allylic oxidation sites excluding steroid dienone is 1. The van der Waals surface area contributed by atoms with E-state index >= 15 is 0 Å². The highest BCUT2D eigenvalue weighted by Gasteiger charge is 2.63. The first-order chi connectivity index (χ1) is 15.0. The molecule has 0 amide bonds. The van der Waals surface area contributed by atoms with E-state index in [0.717, 1.165) is 0 Å². The van der Waals surface area contributed by atoms with E-state index in [-0.39, 0.29) is 42.3 Å². The van der Waals surface area contributed by atoms with Gasteiger partial charge in [0.1, 0.15) is 5.60 Å². The summed E-state index contributed by atoms with van der Waals surface area (Å²) >= 11 is 0. The third-order valence-corrected chi connectivity index (χ3v) is 8.14. The Bertz CT molecular complexity index is 730. The van der Waals surface area contributed by atoms with Crippen LogP contribution in [-0.2, 0) is 19.0 Å². The molecule has 2 fully saturated rings. The van der Waals surface area contributed by atoms with Gasteiger partial charge in [0.05, 0.1) is 30.8 Å². The fraction of sp³-hybridized carbons (Fsp3) is 0.885.